The van der Waals surface area contributed by atoms with Gasteiger partial charge >= 0.3 is 0 Å². The van der Waals surface area contributed by atoms with Gasteiger partial charge in [-0.05, 0) is 24.6 Å². The summed E-state index contributed by atoms with van der Waals surface area (Å²) in [7, 11) is 0. The van der Waals surface area contributed by atoms with E-state index in [1.165, 1.54) is 0 Å². The van der Waals surface area contributed by atoms with Crippen LogP contribution in [0.1, 0.15) is 18.5 Å². The maximum Gasteiger partial charge on any atom is 0.115 e. The Morgan fingerprint density at radius 1 is 1.27 bits per heavy atom. The Labute approximate surface area is 89.2 Å². The van der Waals surface area contributed by atoms with Crippen LogP contribution in [-0.4, -0.2) is 34.6 Å². The molecule has 0 saturated carbocycles. The fourth-order valence-electron chi connectivity index (χ4n) is 1.41. The van der Waals surface area contributed by atoms with Crippen molar-refractivity contribution >= 4 is 0 Å². The van der Waals surface area contributed by atoms with Gasteiger partial charge in [0.15, 0.2) is 0 Å². The third kappa shape index (κ3) is 3.51. The molecule has 4 heteroatoms. The molecule has 4 N–H and O–H groups in total. The molecule has 1 aromatic carbocycles. The van der Waals surface area contributed by atoms with E-state index in [0.29, 0.717) is 0 Å². The minimum atomic E-state index is -0.331. The highest BCUT2D eigenvalue weighted by molar-refractivity contribution is 5.29. The fraction of sp³-hybridized carbons (Fsp3) is 0.455. The highest BCUT2D eigenvalue weighted by Gasteiger charge is 2.11. The standard InChI is InChI=1S/C11H17NO3/c1-8(12-10(6-13)7-14)9-3-2-4-11(15)5-9/h2-5,8,10,12-15H,6-7H2,1H3. The predicted octanol–water partition coefficient (Wildman–Crippen LogP) is 0.396. The monoisotopic (exact) mass is 211 g/mol. The van der Waals surface area contributed by atoms with Crippen molar-refractivity contribution in [3.63, 3.8) is 0 Å². The molecule has 0 bridgehead atoms. The second-order valence-electron chi connectivity index (χ2n) is 3.55. The molecule has 0 spiro atoms. The van der Waals surface area contributed by atoms with Crippen LogP contribution in [0.15, 0.2) is 24.3 Å². The molecule has 0 radical (unpaired) electrons. The van der Waals surface area contributed by atoms with Gasteiger partial charge in [-0.15, -0.1) is 0 Å². The minimum Gasteiger partial charge on any atom is -0.508 e. The van der Waals surface area contributed by atoms with Crippen molar-refractivity contribution in [2.75, 3.05) is 13.2 Å². The average molecular weight is 211 g/mol. The van der Waals surface area contributed by atoms with Crippen LogP contribution in [-0.2, 0) is 0 Å². The van der Waals surface area contributed by atoms with Gasteiger partial charge < -0.3 is 20.6 Å². The molecule has 0 aliphatic carbocycles. The molecule has 1 atom stereocenters. The molecule has 4 nitrogen and oxygen atoms in total. The van der Waals surface area contributed by atoms with E-state index in [2.05, 4.69) is 5.32 Å². The van der Waals surface area contributed by atoms with Crippen molar-refractivity contribution in [2.45, 2.75) is 19.0 Å². The maximum absolute atomic E-state index is 9.28. The Morgan fingerprint density at radius 3 is 2.47 bits per heavy atom. The van der Waals surface area contributed by atoms with E-state index in [-0.39, 0.29) is 31.0 Å². The average Bonchev–Trinajstić information content (AvgIpc) is 2.25. The lowest BCUT2D eigenvalue weighted by Crippen LogP contribution is -2.37. The molecule has 15 heavy (non-hydrogen) atoms. The number of benzene rings is 1. The zero-order valence-electron chi connectivity index (χ0n) is 8.72. The molecule has 1 rings (SSSR count). The number of aliphatic hydroxyl groups excluding tert-OH is 2. The lowest BCUT2D eigenvalue weighted by molar-refractivity contribution is 0.163. The van der Waals surface area contributed by atoms with Crippen LogP contribution < -0.4 is 5.32 Å². The molecule has 0 fully saturated rings. The topological polar surface area (TPSA) is 72.7 Å². The molecule has 0 saturated heterocycles. The summed E-state index contributed by atoms with van der Waals surface area (Å²) in [6.45, 7) is 1.69. The van der Waals surface area contributed by atoms with Gasteiger partial charge in [0.05, 0.1) is 19.3 Å². The zero-order chi connectivity index (χ0) is 11.3. The Balaban J connectivity index is 2.64. The van der Waals surface area contributed by atoms with Gasteiger partial charge in [0.2, 0.25) is 0 Å². The first-order valence-corrected chi connectivity index (χ1v) is 4.94. The van der Waals surface area contributed by atoms with E-state index in [1.54, 1.807) is 18.2 Å². The quantitative estimate of drug-likeness (QED) is 0.568. The van der Waals surface area contributed by atoms with E-state index in [4.69, 9.17) is 10.2 Å². The third-order valence-electron chi connectivity index (χ3n) is 2.30. The predicted molar refractivity (Wildman–Crippen MR) is 57.6 cm³/mol. The summed E-state index contributed by atoms with van der Waals surface area (Å²) in [6.07, 6.45) is 0. The van der Waals surface area contributed by atoms with E-state index in [9.17, 15) is 5.11 Å². The maximum atomic E-state index is 9.28. The Hall–Kier alpha value is -1.10. The second kappa shape index (κ2) is 5.70. The van der Waals surface area contributed by atoms with Gasteiger partial charge in [-0.25, -0.2) is 0 Å². The Kier molecular flexibility index (Phi) is 4.55. The van der Waals surface area contributed by atoms with Crippen LogP contribution in [0, 0.1) is 0 Å². The molecule has 0 amide bonds. The van der Waals surface area contributed by atoms with Crippen molar-refractivity contribution < 1.29 is 15.3 Å². The Bertz CT molecular complexity index is 300. The largest absolute Gasteiger partial charge is 0.508 e. The molecule has 0 aliphatic heterocycles. The lowest BCUT2D eigenvalue weighted by Gasteiger charge is -2.20. The number of hydrogen-bond donors (Lipinski definition) is 4. The van der Waals surface area contributed by atoms with E-state index in [1.807, 2.05) is 13.0 Å². The Morgan fingerprint density at radius 2 is 1.93 bits per heavy atom. The summed E-state index contributed by atoms with van der Waals surface area (Å²) in [6, 6.07) is 6.54. The van der Waals surface area contributed by atoms with Gasteiger partial charge in [0.1, 0.15) is 5.75 Å². The van der Waals surface area contributed by atoms with Gasteiger partial charge in [-0.2, -0.15) is 0 Å². The smallest absolute Gasteiger partial charge is 0.115 e. The first-order valence-electron chi connectivity index (χ1n) is 4.94. The normalized spacial score (nSPS) is 13.1. The number of rotatable bonds is 5. The van der Waals surface area contributed by atoms with Crippen LogP contribution in [0.3, 0.4) is 0 Å². The number of aliphatic hydroxyl groups is 2. The van der Waals surface area contributed by atoms with Crippen molar-refractivity contribution in [1.29, 1.82) is 0 Å². The van der Waals surface area contributed by atoms with Gasteiger partial charge in [-0.1, -0.05) is 12.1 Å². The van der Waals surface area contributed by atoms with Gasteiger partial charge in [0.25, 0.3) is 0 Å². The van der Waals surface area contributed by atoms with E-state index >= 15 is 0 Å². The van der Waals surface area contributed by atoms with Crippen LogP contribution in [0.2, 0.25) is 0 Å². The van der Waals surface area contributed by atoms with Crippen LogP contribution in [0.25, 0.3) is 0 Å². The van der Waals surface area contributed by atoms with Gasteiger partial charge in [-0.3, -0.25) is 0 Å². The fourth-order valence-corrected chi connectivity index (χ4v) is 1.41. The number of hydrogen-bond acceptors (Lipinski definition) is 4. The molecule has 0 heterocycles. The molecular formula is C11H17NO3. The van der Waals surface area contributed by atoms with Crippen molar-refractivity contribution in [2.24, 2.45) is 0 Å². The molecule has 1 aromatic rings. The number of phenolic OH excluding ortho intramolecular Hbond substituents is 1. The first kappa shape index (κ1) is 12.0. The van der Waals surface area contributed by atoms with Gasteiger partial charge in [0, 0.05) is 6.04 Å². The van der Waals surface area contributed by atoms with Crippen LogP contribution in [0.4, 0.5) is 0 Å². The van der Waals surface area contributed by atoms with E-state index in [0.717, 1.165) is 5.56 Å². The highest BCUT2D eigenvalue weighted by atomic mass is 16.3. The number of phenols is 1. The summed E-state index contributed by atoms with van der Waals surface area (Å²) >= 11 is 0. The molecule has 84 valence electrons. The molecule has 1 unspecified atom stereocenters. The van der Waals surface area contributed by atoms with Crippen molar-refractivity contribution in [3.05, 3.63) is 29.8 Å². The summed E-state index contributed by atoms with van der Waals surface area (Å²) in [5.74, 6) is 0.214. The lowest BCUT2D eigenvalue weighted by atomic mass is 10.1. The second-order valence-corrected chi connectivity index (χ2v) is 3.55. The highest BCUT2D eigenvalue weighted by Crippen LogP contribution is 2.17. The van der Waals surface area contributed by atoms with Crippen molar-refractivity contribution in [1.82, 2.24) is 5.32 Å². The summed E-state index contributed by atoms with van der Waals surface area (Å²) in [4.78, 5) is 0. The van der Waals surface area contributed by atoms with Crippen LogP contribution >= 0.6 is 0 Å². The minimum absolute atomic E-state index is 0.0265. The molecule has 0 aromatic heterocycles. The third-order valence-corrected chi connectivity index (χ3v) is 2.30. The van der Waals surface area contributed by atoms with Crippen LogP contribution in [0.5, 0.6) is 5.75 Å². The summed E-state index contributed by atoms with van der Waals surface area (Å²) < 4.78 is 0. The molecule has 0 aliphatic rings. The van der Waals surface area contributed by atoms with E-state index < -0.39 is 0 Å². The number of nitrogens with one attached hydrogen (secondary N) is 1. The zero-order valence-corrected chi connectivity index (χ0v) is 8.72. The first-order chi connectivity index (χ1) is 7.17. The SMILES string of the molecule is CC(NC(CO)CO)c1cccc(O)c1. The number of aromatic hydroxyl groups is 1. The van der Waals surface area contributed by atoms with Crippen molar-refractivity contribution in [3.8, 4) is 5.75 Å². The molecular weight excluding hydrogens is 194 g/mol. The summed E-state index contributed by atoms with van der Waals surface area (Å²) in [5.41, 5.74) is 0.918. The summed E-state index contributed by atoms with van der Waals surface area (Å²) in [5, 5.41) is 30.1.